The van der Waals surface area contributed by atoms with Gasteiger partial charge < -0.3 is 15.5 Å². The minimum absolute atomic E-state index is 0.275. The monoisotopic (exact) mass is 277 g/mol. The van der Waals surface area contributed by atoms with E-state index in [-0.39, 0.29) is 5.54 Å². The van der Waals surface area contributed by atoms with E-state index >= 15 is 0 Å². The molecule has 0 unspecified atom stereocenters. The Morgan fingerprint density at radius 3 is 2.40 bits per heavy atom. The normalized spacial score (nSPS) is 17.4. The van der Waals surface area contributed by atoms with Gasteiger partial charge in [-0.2, -0.15) is 0 Å². The summed E-state index contributed by atoms with van der Waals surface area (Å²) in [4.78, 5) is 11.4. The summed E-state index contributed by atoms with van der Waals surface area (Å²) in [6, 6.07) is 1.98. The molecule has 1 fully saturated rings. The standard InChI is InChI=1S/C15H27N5/c1-5-12-18-13(16-2)10-14(19-12)17-11-15(20(3)4)8-6-7-9-15/h10H,5-9,11H2,1-4H3,(H2,16,17,18,19). The highest BCUT2D eigenvalue weighted by Crippen LogP contribution is 2.33. The maximum Gasteiger partial charge on any atom is 0.132 e. The fourth-order valence-electron chi connectivity index (χ4n) is 2.94. The molecule has 1 heterocycles. The number of nitrogens with one attached hydrogen (secondary N) is 2. The topological polar surface area (TPSA) is 53.1 Å². The van der Waals surface area contributed by atoms with Crippen LogP contribution in [0.2, 0.25) is 0 Å². The van der Waals surface area contributed by atoms with E-state index in [9.17, 15) is 0 Å². The fraction of sp³-hybridized carbons (Fsp3) is 0.733. The van der Waals surface area contributed by atoms with E-state index in [1.807, 2.05) is 13.1 Å². The van der Waals surface area contributed by atoms with Crippen LogP contribution in [0.5, 0.6) is 0 Å². The summed E-state index contributed by atoms with van der Waals surface area (Å²) in [5.41, 5.74) is 0.275. The van der Waals surface area contributed by atoms with Crippen LogP contribution >= 0.6 is 0 Å². The van der Waals surface area contributed by atoms with Crippen molar-refractivity contribution >= 4 is 11.6 Å². The van der Waals surface area contributed by atoms with Gasteiger partial charge in [-0.1, -0.05) is 19.8 Å². The Balaban J connectivity index is 2.09. The number of anilines is 2. The molecule has 0 radical (unpaired) electrons. The van der Waals surface area contributed by atoms with E-state index in [0.29, 0.717) is 0 Å². The van der Waals surface area contributed by atoms with Gasteiger partial charge in [0.05, 0.1) is 0 Å². The summed E-state index contributed by atoms with van der Waals surface area (Å²) < 4.78 is 0. The van der Waals surface area contributed by atoms with Crippen LogP contribution < -0.4 is 10.6 Å². The SMILES string of the molecule is CCc1nc(NC)cc(NCC2(N(C)C)CCCC2)n1. The highest BCUT2D eigenvalue weighted by atomic mass is 15.2. The van der Waals surface area contributed by atoms with Crippen molar-refractivity contribution in [3.63, 3.8) is 0 Å². The van der Waals surface area contributed by atoms with E-state index in [0.717, 1.165) is 30.4 Å². The number of aromatic nitrogens is 2. The zero-order chi connectivity index (χ0) is 14.6. The molecule has 1 aliphatic carbocycles. The van der Waals surface area contributed by atoms with Crippen LogP contribution in [0, 0.1) is 0 Å². The lowest BCUT2D eigenvalue weighted by Crippen LogP contribution is -2.47. The average molecular weight is 277 g/mol. The quantitative estimate of drug-likeness (QED) is 0.836. The molecule has 1 saturated carbocycles. The molecule has 0 bridgehead atoms. The summed E-state index contributed by atoms with van der Waals surface area (Å²) in [5.74, 6) is 2.68. The van der Waals surface area contributed by atoms with Crippen molar-refractivity contribution in [1.82, 2.24) is 14.9 Å². The van der Waals surface area contributed by atoms with Gasteiger partial charge in [-0.25, -0.2) is 9.97 Å². The van der Waals surface area contributed by atoms with Crippen molar-refractivity contribution < 1.29 is 0 Å². The first-order valence-electron chi connectivity index (χ1n) is 7.56. The van der Waals surface area contributed by atoms with E-state index in [1.54, 1.807) is 0 Å². The van der Waals surface area contributed by atoms with Crippen LogP contribution in [0.1, 0.15) is 38.4 Å². The van der Waals surface area contributed by atoms with Crippen LogP contribution in [-0.4, -0.2) is 48.1 Å². The molecule has 1 aromatic rings. The molecule has 0 amide bonds. The predicted molar refractivity (Wildman–Crippen MR) is 84.3 cm³/mol. The lowest BCUT2D eigenvalue weighted by Gasteiger charge is -2.36. The highest BCUT2D eigenvalue weighted by molar-refractivity contribution is 5.47. The predicted octanol–water partition coefficient (Wildman–Crippen LogP) is 2.37. The molecular weight excluding hydrogens is 250 g/mol. The zero-order valence-corrected chi connectivity index (χ0v) is 13.2. The fourth-order valence-corrected chi connectivity index (χ4v) is 2.94. The molecule has 20 heavy (non-hydrogen) atoms. The van der Waals surface area contributed by atoms with Crippen LogP contribution in [0.4, 0.5) is 11.6 Å². The maximum atomic E-state index is 4.57. The van der Waals surface area contributed by atoms with Crippen molar-refractivity contribution in [2.45, 2.75) is 44.6 Å². The zero-order valence-electron chi connectivity index (χ0n) is 13.2. The molecule has 0 spiro atoms. The summed E-state index contributed by atoms with van der Waals surface area (Å²) >= 11 is 0. The van der Waals surface area contributed by atoms with Crippen LogP contribution in [0.15, 0.2) is 6.07 Å². The van der Waals surface area contributed by atoms with E-state index in [1.165, 1.54) is 25.7 Å². The number of rotatable bonds is 6. The van der Waals surface area contributed by atoms with Crippen molar-refractivity contribution in [2.24, 2.45) is 0 Å². The van der Waals surface area contributed by atoms with Gasteiger partial charge in [0, 0.05) is 31.6 Å². The van der Waals surface area contributed by atoms with Gasteiger partial charge in [0.2, 0.25) is 0 Å². The second-order valence-electron chi connectivity index (χ2n) is 5.84. The number of likely N-dealkylation sites (N-methyl/N-ethyl adjacent to an activating group) is 1. The molecule has 5 nitrogen and oxygen atoms in total. The van der Waals surface area contributed by atoms with Gasteiger partial charge in [0.25, 0.3) is 0 Å². The van der Waals surface area contributed by atoms with Crippen molar-refractivity contribution in [3.05, 3.63) is 11.9 Å². The average Bonchev–Trinajstić information content (AvgIpc) is 2.95. The highest BCUT2D eigenvalue weighted by Gasteiger charge is 2.35. The van der Waals surface area contributed by atoms with Crippen LogP contribution in [-0.2, 0) is 6.42 Å². The van der Waals surface area contributed by atoms with Gasteiger partial charge in [-0.05, 0) is 26.9 Å². The van der Waals surface area contributed by atoms with E-state index in [2.05, 4.69) is 46.5 Å². The first-order chi connectivity index (χ1) is 9.59. The Labute approximate surface area is 122 Å². The van der Waals surface area contributed by atoms with Gasteiger partial charge >= 0.3 is 0 Å². The van der Waals surface area contributed by atoms with Crippen LogP contribution in [0.25, 0.3) is 0 Å². The minimum atomic E-state index is 0.275. The Morgan fingerprint density at radius 1 is 1.20 bits per heavy atom. The molecule has 0 saturated heterocycles. The molecule has 1 aliphatic rings. The second kappa shape index (κ2) is 6.39. The van der Waals surface area contributed by atoms with Crippen molar-refractivity contribution in [1.29, 1.82) is 0 Å². The first kappa shape index (κ1) is 15.0. The lowest BCUT2D eigenvalue weighted by molar-refractivity contribution is 0.172. The molecule has 0 aromatic carbocycles. The summed E-state index contributed by atoms with van der Waals surface area (Å²) in [6.07, 6.45) is 6.02. The summed E-state index contributed by atoms with van der Waals surface area (Å²) in [7, 11) is 6.26. The maximum absolute atomic E-state index is 4.57. The third-order valence-electron chi connectivity index (χ3n) is 4.43. The van der Waals surface area contributed by atoms with Gasteiger partial charge in [-0.15, -0.1) is 0 Å². The van der Waals surface area contributed by atoms with Crippen LogP contribution in [0.3, 0.4) is 0 Å². The Bertz CT molecular complexity index is 416. The molecule has 5 heteroatoms. The molecule has 0 aliphatic heterocycles. The van der Waals surface area contributed by atoms with E-state index in [4.69, 9.17) is 0 Å². The third kappa shape index (κ3) is 3.20. The van der Waals surface area contributed by atoms with E-state index < -0.39 is 0 Å². The Morgan fingerprint density at radius 2 is 1.85 bits per heavy atom. The third-order valence-corrected chi connectivity index (χ3v) is 4.43. The smallest absolute Gasteiger partial charge is 0.132 e. The molecule has 112 valence electrons. The molecular formula is C15H27N5. The second-order valence-corrected chi connectivity index (χ2v) is 5.84. The van der Waals surface area contributed by atoms with Crippen molar-refractivity contribution in [3.8, 4) is 0 Å². The lowest BCUT2D eigenvalue weighted by atomic mass is 9.96. The number of hydrogen-bond donors (Lipinski definition) is 2. The Hall–Kier alpha value is -1.36. The molecule has 1 aromatic heterocycles. The largest absolute Gasteiger partial charge is 0.373 e. The number of aryl methyl sites for hydroxylation is 1. The van der Waals surface area contributed by atoms with Gasteiger partial charge in [0.15, 0.2) is 0 Å². The molecule has 2 rings (SSSR count). The molecule has 2 N–H and O–H groups in total. The minimum Gasteiger partial charge on any atom is -0.373 e. The van der Waals surface area contributed by atoms with Crippen molar-refractivity contribution in [2.75, 3.05) is 38.3 Å². The van der Waals surface area contributed by atoms with Gasteiger partial charge in [0.1, 0.15) is 17.5 Å². The molecule has 0 atom stereocenters. The number of hydrogen-bond acceptors (Lipinski definition) is 5. The van der Waals surface area contributed by atoms with Gasteiger partial charge in [-0.3, -0.25) is 0 Å². The first-order valence-corrected chi connectivity index (χ1v) is 7.56. The summed E-state index contributed by atoms with van der Waals surface area (Å²) in [6.45, 7) is 3.03. The Kier molecular flexibility index (Phi) is 4.81. The summed E-state index contributed by atoms with van der Waals surface area (Å²) in [5, 5.41) is 6.63. The number of nitrogens with zero attached hydrogens (tertiary/aromatic N) is 3.